The minimum atomic E-state index is 0.441. The van der Waals surface area contributed by atoms with Gasteiger partial charge in [0.1, 0.15) is 5.75 Å². The van der Waals surface area contributed by atoms with E-state index >= 15 is 0 Å². The maximum atomic E-state index is 5.87. The van der Waals surface area contributed by atoms with Gasteiger partial charge in [-0.3, -0.25) is 0 Å². The van der Waals surface area contributed by atoms with Crippen LogP contribution < -0.4 is 10.1 Å². The Morgan fingerprint density at radius 1 is 1.35 bits per heavy atom. The summed E-state index contributed by atoms with van der Waals surface area (Å²) in [6, 6.07) is 9.67. The van der Waals surface area contributed by atoms with Crippen molar-refractivity contribution in [2.45, 2.75) is 44.7 Å². The van der Waals surface area contributed by atoms with Gasteiger partial charge < -0.3 is 15.0 Å². The molecule has 112 valence electrons. The van der Waals surface area contributed by atoms with Gasteiger partial charge in [0.15, 0.2) is 0 Å². The molecule has 3 heteroatoms. The Morgan fingerprint density at radius 2 is 2.10 bits per heavy atom. The highest BCUT2D eigenvalue weighted by Crippen LogP contribution is 2.21. The van der Waals surface area contributed by atoms with Gasteiger partial charge in [-0.15, -0.1) is 0 Å². The molecule has 0 aromatic heterocycles. The lowest BCUT2D eigenvalue weighted by molar-refractivity contribution is 0.233. The zero-order valence-corrected chi connectivity index (χ0v) is 13.1. The van der Waals surface area contributed by atoms with Crippen LogP contribution in [0.15, 0.2) is 24.3 Å². The summed E-state index contributed by atoms with van der Waals surface area (Å²) in [6.45, 7) is 4.25. The van der Waals surface area contributed by atoms with E-state index < -0.39 is 0 Å². The Bertz CT molecular complexity index is 386. The van der Waals surface area contributed by atoms with Gasteiger partial charge in [0.25, 0.3) is 0 Å². The highest BCUT2D eigenvalue weighted by atomic mass is 16.5. The second-order valence-corrected chi connectivity index (χ2v) is 5.73. The van der Waals surface area contributed by atoms with Crippen molar-refractivity contribution in [1.29, 1.82) is 0 Å². The molecule has 1 aromatic rings. The first kappa shape index (κ1) is 15.3. The molecular formula is C17H28N2O. The fourth-order valence-corrected chi connectivity index (χ4v) is 3.06. The van der Waals surface area contributed by atoms with Gasteiger partial charge in [-0.2, -0.15) is 0 Å². The van der Waals surface area contributed by atoms with Crippen LogP contribution in [0.2, 0.25) is 0 Å². The summed E-state index contributed by atoms with van der Waals surface area (Å²) in [5, 5.41) is 3.33. The van der Waals surface area contributed by atoms with Crippen LogP contribution in [0.1, 0.15) is 44.2 Å². The molecule has 0 spiro atoms. The molecule has 1 N–H and O–H groups in total. The molecule has 0 saturated carbocycles. The maximum Gasteiger partial charge on any atom is 0.119 e. The molecule has 1 aliphatic heterocycles. The van der Waals surface area contributed by atoms with Gasteiger partial charge in [-0.05, 0) is 64.0 Å². The van der Waals surface area contributed by atoms with E-state index in [-0.39, 0.29) is 0 Å². The maximum absolute atomic E-state index is 5.87. The summed E-state index contributed by atoms with van der Waals surface area (Å²) in [6.07, 6.45) is 4.88. The van der Waals surface area contributed by atoms with Crippen molar-refractivity contribution in [2.24, 2.45) is 0 Å². The Labute approximate surface area is 123 Å². The Balaban J connectivity index is 1.78. The molecule has 20 heavy (non-hydrogen) atoms. The van der Waals surface area contributed by atoms with Crippen LogP contribution in [0.5, 0.6) is 5.75 Å². The molecule has 3 nitrogen and oxygen atoms in total. The predicted molar refractivity (Wildman–Crippen MR) is 84.3 cm³/mol. The summed E-state index contributed by atoms with van der Waals surface area (Å²) >= 11 is 0. The highest BCUT2D eigenvalue weighted by molar-refractivity contribution is 5.29. The van der Waals surface area contributed by atoms with Crippen molar-refractivity contribution in [3.63, 3.8) is 0 Å². The van der Waals surface area contributed by atoms with Crippen molar-refractivity contribution < 1.29 is 4.74 Å². The van der Waals surface area contributed by atoms with E-state index in [1.54, 1.807) is 0 Å². The molecule has 0 bridgehead atoms. The molecule has 0 radical (unpaired) electrons. The topological polar surface area (TPSA) is 24.5 Å². The molecule has 1 heterocycles. The first-order chi connectivity index (χ1) is 9.74. The number of nitrogens with zero attached hydrogens (tertiary/aromatic N) is 1. The lowest BCUT2D eigenvalue weighted by Gasteiger charge is -2.19. The van der Waals surface area contributed by atoms with Gasteiger partial charge in [0.05, 0.1) is 6.61 Å². The third-order valence-electron chi connectivity index (χ3n) is 4.43. The van der Waals surface area contributed by atoms with Crippen LogP contribution in [0.4, 0.5) is 0 Å². The summed E-state index contributed by atoms with van der Waals surface area (Å²) in [4.78, 5) is 2.45. The van der Waals surface area contributed by atoms with E-state index in [4.69, 9.17) is 4.74 Å². The average Bonchev–Trinajstić information content (AvgIpc) is 2.87. The van der Waals surface area contributed by atoms with E-state index in [9.17, 15) is 0 Å². The number of ether oxygens (including phenoxy) is 1. The molecular weight excluding hydrogens is 248 g/mol. The third kappa shape index (κ3) is 3.97. The number of benzene rings is 1. The van der Waals surface area contributed by atoms with Gasteiger partial charge in [-0.25, -0.2) is 0 Å². The predicted octanol–water partition coefficient (Wildman–Crippen LogP) is 3.22. The van der Waals surface area contributed by atoms with Gasteiger partial charge in [0, 0.05) is 12.1 Å². The smallest absolute Gasteiger partial charge is 0.119 e. The van der Waals surface area contributed by atoms with Crippen LogP contribution in [-0.2, 0) is 0 Å². The number of hydrogen-bond acceptors (Lipinski definition) is 3. The zero-order chi connectivity index (χ0) is 14.4. The van der Waals surface area contributed by atoms with Gasteiger partial charge >= 0.3 is 0 Å². The molecule has 0 amide bonds. The molecule has 2 atom stereocenters. The first-order valence-corrected chi connectivity index (χ1v) is 7.85. The molecule has 1 fully saturated rings. The van der Waals surface area contributed by atoms with E-state index in [0.717, 1.165) is 25.2 Å². The van der Waals surface area contributed by atoms with Crippen LogP contribution in [0.25, 0.3) is 0 Å². The lowest BCUT2D eigenvalue weighted by Crippen LogP contribution is -2.26. The van der Waals surface area contributed by atoms with Crippen LogP contribution in [0, 0.1) is 0 Å². The van der Waals surface area contributed by atoms with Crippen LogP contribution in [-0.4, -0.2) is 38.2 Å². The van der Waals surface area contributed by atoms with Gasteiger partial charge in [0.2, 0.25) is 0 Å². The summed E-state index contributed by atoms with van der Waals surface area (Å²) < 4.78 is 5.87. The lowest BCUT2D eigenvalue weighted by atomic mass is 10.0. The SMILES string of the molecule is CCC(NC)c1ccc(OCCC2CCCN2C)cc1. The van der Waals surface area contributed by atoms with Crippen LogP contribution in [0.3, 0.4) is 0 Å². The molecule has 1 aliphatic rings. The van der Waals surface area contributed by atoms with E-state index in [1.165, 1.54) is 24.9 Å². The third-order valence-corrected chi connectivity index (χ3v) is 4.43. The monoisotopic (exact) mass is 276 g/mol. The largest absolute Gasteiger partial charge is 0.494 e. The Morgan fingerprint density at radius 3 is 2.65 bits per heavy atom. The molecule has 1 saturated heterocycles. The second kappa shape index (κ2) is 7.65. The second-order valence-electron chi connectivity index (χ2n) is 5.73. The average molecular weight is 276 g/mol. The van der Waals surface area contributed by atoms with Crippen molar-refractivity contribution >= 4 is 0 Å². The molecule has 1 aromatic carbocycles. The fraction of sp³-hybridized carbons (Fsp3) is 0.647. The molecule has 2 unspecified atom stereocenters. The molecule has 0 aliphatic carbocycles. The minimum absolute atomic E-state index is 0.441. The number of nitrogens with one attached hydrogen (secondary N) is 1. The first-order valence-electron chi connectivity index (χ1n) is 7.85. The zero-order valence-electron chi connectivity index (χ0n) is 13.1. The Kier molecular flexibility index (Phi) is 5.86. The fourth-order valence-electron chi connectivity index (χ4n) is 3.06. The Hall–Kier alpha value is -1.06. The summed E-state index contributed by atoms with van der Waals surface area (Å²) in [5.41, 5.74) is 1.33. The van der Waals surface area contributed by atoms with Crippen LogP contribution >= 0.6 is 0 Å². The summed E-state index contributed by atoms with van der Waals surface area (Å²) in [5.74, 6) is 0.986. The van der Waals surface area contributed by atoms with Crippen molar-refractivity contribution in [1.82, 2.24) is 10.2 Å². The summed E-state index contributed by atoms with van der Waals surface area (Å²) in [7, 11) is 4.23. The van der Waals surface area contributed by atoms with Gasteiger partial charge in [-0.1, -0.05) is 19.1 Å². The molecule has 2 rings (SSSR count). The number of rotatable bonds is 7. The van der Waals surface area contributed by atoms with Crippen molar-refractivity contribution in [3.8, 4) is 5.75 Å². The van der Waals surface area contributed by atoms with E-state index in [0.29, 0.717) is 12.1 Å². The van der Waals surface area contributed by atoms with E-state index in [2.05, 4.69) is 48.5 Å². The number of likely N-dealkylation sites (tertiary alicyclic amines) is 1. The van der Waals surface area contributed by atoms with Crippen molar-refractivity contribution in [2.75, 3.05) is 27.2 Å². The quantitative estimate of drug-likeness (QED) is 0.827. The standard InChI is InChI=1S/C17H28N2O/c1-4-17(18-2)14-7-9-16(10-8-14)20-13-11-15-6-5-12-19(15)3/h7-10,15,17-18H,4-6,11-13H2,1-3H3. The minimum Gasteiger partial charge on any atom is -0.494 e. The highest BCUT2D eigenvalue weighted by Gasteiger charge is 2.20. The van der Waals surface area contributed by atoms with E-state index in [1.807, 2.05) is 7.05 Å². The van der Waals surface area contributed by atoms with Crippen molar-refractivity contribution in [3.05, 3.63) is 29.8 Å². The normalized spacial score (nSPS) is 21.1. The number of hydrogen-bond donors (Lipinski definition) is 1.